The average Bonchev–Trinajstić information content (AvgIpc) is 2.67. The summed E-state index contributed by atoms with van der Waals surface area (Å²) in [5, 5.41) is 2.66. The molecule has 0 bridgehead atoms. The van der Waals surface area contributed by atoms with Gasteiger partial charge in [0.15, 0.2) is 0 Å². The van der Waals surface area contributed by atoms with Crippen LogP contribution in [0.1, 0.15) is 26.3 Å². The first kappa shape index (κ1) is 20.4. The standard InChI is InChI=1S/C21H26FN3O2/c1-4-24(5-2)18-10-12-19(13-11-18)25(16(3)26)15-21(27)23-14-17-8-6-7-9-20(17)22/h6-13H,4-5,14-15H2,1-3H3,(H,23,27). The normalized spacial score (nSPS) is 10.4. The number of carbonyl (C=O) groups is 2. The van der Waals surface area contributed by atoms with Crippen LogP contribution in [-0.2, 0) is 16.1 Å². The molecule has 0 aliphatic rings. The van der Waals surface area contributed by atoms with Crippen molar-refractivity contribution in [2.75, 3.05) is 29.4 Å². The molecule has 6 heteroatoms. The van der Waals surface area contributed by atoms with E-state index in [2.05, 4.69) is 24.1 Å². The molecule has 2 rings (SSSR count). The molecule has 0 aliphatic heterocycles. The largest absolute Gasteiger partial charge is 0.372 e. The van der Waals surface area contributed by atoms with E-state index in [-0.39, 0.29) is 30.7 Å². The number of rotatable bonds is 8. The monoisotopic (exact) mass is 371 g/mol. The van der Waals surface area contributed by atoms with Crippen LogP contribution >= 0.6 is 0 Å². The first-order valence-corrected chi connectivity index (χ1v) is 9.09. The number of halogens is 1. The summed E-state index contributed by atoms with van der Waals surface area (Å²) in [5.74, 6) is -0.943. The lowest BCUT2D eigenvalue weighted by atomic mass is 10.2. The summed E-state index contributed by atoms with van der Waals surface area (Å²) in [6.45, 7) is 7.34. The van der Waals surface area contributed by atoms with Crippen LogP contribution in [0.25, 0.3) is 0 Å². The minimum Gasteiger partial charge on any atom is -0.372 e. The fourth-order valence-electron chi connectivity index (χ4n) is 2.85. The highest BCUT2D eigenvalue weighted by Crippen LogP contribution is 2.21. The Kier molecular flexibility index (Phi) is 7.34. The number of nitrogens with zero attached hydrogens (tertiary/aromatic N) is 2. The summed E-state index contributed by atoms with van der Waals surface area (Å²) in [6.07, 6.45) is 0. The van der Waals surface area contributed by atoms with Gasteiger partial charge in [-0.2, -0.15) is 0 Å². The Hall–Kier alpha value is -2.89. The van der Waals surface area contributed by atoms with E-state index >= 15 is 0 Å². The Morgan fingerprint density at radius 2 is 1.56 bits per heavy atom. The molecule has 0 aliphatic carbocycles. The molecule has 27 heavy (non-hydrogen) atoms. The summed E-state index contributed by atoms with van der Waals surface area (Å²) < 4.78 is 13.6. The first-order chi connectivity index (χ1) is 13.0. The van der Waals surface area contributed by atoms with Crippen LogP contribution in [-0.4, -0.2) is 31.4 Å². The van der Waals surface area contributed by atoms with Gasteiger partial charge in [-0.25, -0.2) is 4.39 Å². The number of nitrogens with one attached hydrogen (secondary N) is 1. The van der Waals surface area contributed by atoms with E-state index in [1.54, 1.807) is 18.2 Å². The van der Waals surface area contributed by atoms with Gasteiger partial charge in [0, 0.05) is 43.5 Å². The maximum atomic E-state index is 13.6. The summed E-state index contributed by atoms with van der Waals surface area (Å²) in [4.78, 5) is 27.9. The van der Waals surface area contributed by atoms with Gasteiger partial charge in [-0.1, -0.05) is 18.2 Å². The molecule has 0 saturated carbocycles. The summed E-state index contributed by atoms with van der Waals surface area (Å²) in [6, 6.07) is 13.8. The number of amides is 2. The fourth-order valence-corrected chi connectivity index (χ4v) is 2.85. The topological polar surface area (TPSA) is 52.6 Å². The molecule has 0 unspecified atom stereocenters. The fraction of sp³-hybridized carbons (Fsp3) is 0.333. The zero-order valence-corrected chi connectivity index (χ0v) is 16.0. The number of hydrogen-bond donors (Lipinski definition) is 1. The van der Waals surface area contributed by atoms with E-state index in [1.807, 2.05) is 24.3 Å². The van der Waals surface area contributed by atoms with E-state index in [4.69, 9.17) is 0 Å². The van der Waals surface area contributed by atoms with Gasteiger partial charge < -0.3 is 15.1 Å². The highest BCUT2D eigenvalue weighted by atomic mass is 19.1. The minimum absolute atomic E-state index is 0.0815. The van der Waals surface area contributed by atoms with Gasteiger partial charge in [-0.15, -0.1) is 0 Å². The zero-order chi connectivity index (χ0) is 19.8. The second kappa shape index (κ2) is 9.71. The second-order valence-corrected chi connectivity index (χ2v) is 6.16. The second-order valence-electron chi connectivity index (χ2n) is 6.16. The third-order valence-electron chi connectivity index (χ3n) is 4.41. The highest BCUT2D eigenvalue weighted by Gasteiger charge is 2.16. The lowest BCUT2D eigenvalue weighted by Crippen LogP contribution is -2.39. The molecule has 5 nitrogen and oxygen atoms in total. The third-order valence-corrected chi connectivity index (χ3v) is 4.41. The van der Waals surface area contributed by atoms with Crippen LogP contribution in [0.5, 0.6) is 0 Å². The van der Waals surface area contributed by atoms with Crippen LogP contribution in [0, 0.1) is 5.82 Å². The maximum Gasteiger partial charge on any atom is 0.240 e. The van der Waals surface area contributed by atoms with Crippen molar-refractivity contribution in [3.8, 4) is 0 Å². The van der Waals surface area contributed by atoms with Gasteiger partial charge in [0.05, 0.1) is 0 Å². The number of anilines is 2. The van der Waals surface area contributed by atoms with E-state index in [9.17, 15) is 14.0 Å². The van der Waals surface area contributed by atoms with Crippen molar-refractivity contribution in [1.29, 1.82) is 0 Å². The molecule has 144 valence electrons. The number of carbonyl (C=O) groups excluding carboxylic acids is 2. The molecule has 0 atom stereocenters. The zero-order valence-electron chi connectivity index (χ0n) is 16.0. The van der Waals surface area contributed by atoms with Crippen molar-refractivity contribution in [3.05, 3.63) is 59.9 Å². The van der Waals surface area contributed by atoms with Crippen molar-refractivity contribution in [2.45, 2.75) is 27.3 Å². The molecule has 0 heterocycles. The Labute approximate surface area is 159 Å². The quantitative estimate of drug-likeness (QED) is 0.774. The summed E-state index contributed by atoms with van der Waals surface area (Å²) in [5.41, 5.74) is 2.12. The molecule has 1 N–H and O–H groups in total. The van der Waals surface area contributed by atoms with Crippen LogP contribution in [0.15, 0.2) is 48.5 Å². The molecule has 0 aromatic heterocycles. The Morgan fingerprint density at radius 1 is 0.963 bits per heavy atom. The van der Waals surface area contributed by atoms with Gasteiger partial charge in [0.1, 0.15) is 12.4 Å². The van der Waals surface area contributed by atoms with Gasteiger partial charge in [0.2, 0.25) is 11.8 Å². The summed E-state index contributed by atoms with van der Waals surface area (Å²) >= 11 is 0. The summed E-state index contributed by atoms with van der Waals surface area (Å²) in [7, 11) is 0. The van der Waals surface area contributed by atoms with E-state index in [0.29, 0.717) is 11.3 Å². The van der Waals surface area contributed by atoms with Gasteiger partial charge in [0.25, 0.3) is 0 Å². The highest BCUT2D eigenvalue weighted by molar-refractivity contribution is 5.97. The Balaban J connectivity index is 2.03. The van der Waals surface area contributed by atoms with Crippen molar-refractivity contribution in [1.82, 2.24) is 5.32 Å². The van der Waals surface area contributed by atoms with Gasteiger partial charge >= 0.3 is 0 Å². The van der Waals surface area contributed by atoms with E-state index < -0.39 is 0 Å². The lowest BCUT2D eigenvalue weighted by Gasteiger charge is -2.24. The molecule has 0 radical (unpaired) electrons. The third kappa shape index (κ3) is 5.54. The number of hydrogen-bond acceptors (Lipinski definition) is 3. The van der Waals surface area contributed by atoms with Crippen LogP contribution in [0.3, 0.4) is 0 Å². The molecule has 2 aromatic rings. The molecule has 2 amide bonds. The molecule has 0 fully saturated rings. The van der Waals surface area contributed by atoms with Gasteiger partial charge in [-0.05, 0) is 44.2 Å². The van der Waals surface area contributed by atoms with Gasteiger partial charge in [-0.3, -0.25) is 9.59 Å². The molecular weight excluding hydrogens is 345 g/mol. The van der Waals surface area contributed by atoms with Crippen molar-refractivity contribution in [2.24, 2.45) is 0 Å². The first-order valence-electron chi connectivity index (χ1n) is 9.09. The molecule has 2 aromatic carbocycles. The van der Waals surface area contributed by atoms with Crippen LogP contribution in [0.2, 0.25) is 0 Å². The van der Waals surface area contributed by atoms with Crippen LogP contribution < -0.4 is 15.1 Å². The smallest absolute Gasteiger partial charge is 0.240 e. The van der Waals surface area contributed by atoms with Crippen molar-refractivity contribution in [3.63, 3.8) is 0 Å². The SMILES string of the molecule is CCN(CC)c1ccc(N(CC(=O)NCc2ccccc2F)C(C)=O)cc1. The molecular formula is C21H26FN3O2. The lowest BCUT2D eigenvalue weighted by molar-refractivity contribution is -0.123. The van der Waals surface area contributed by atoms with Crippen LogP contribution in [0.4, 0.5) is 15.8 Å². The predicted molar refractivity (Wildman–Crippen MR) is 106 cm³/mol. The maximum absolute atomic E-state index is 13.6. The Morgan fingerprint density at radius 3 is 2.11 bits per heavy atom. The minimum atomic E-state index is -0.367. The van der Waals surface area contributed by atoms with E-state index in [0.717, 1.165) is 18.8 Å². The predicted octanol–water partition coefficient (Wildman–Crippen LogP) is 3.34. The van der Waals surface area contributed by atoms with Crippen molar-refractivity contribution >= 4 is 23.2 Å². The number of benzene rings is 2. The van der Waals surface area contributed by atoms with E-state index in [1.165, 1.54) is 17.9 Å². The molecule has 0 saturated heterocycles. The average molecular weight is 371 g/mol. The molecule has 0 spiro atoms. The van der Waals surface area contributed by atoms with Crippen molar-refractivity contribution < 1.29 is 14.0 Å². The Bertz CT molecular complexity index is 773.